The van der Waals surface area contributed by atoms with Crippen molar-refractivity contribution in [2.75, 3.05) is 23.3 Å². The van der Waals surface area contributed by atoms with Gasteiger partial charge in [-0.2, -0.15) is 15.1 Å². The number of nitrogens with zero attached hydrogens (tertiary/aromatic N) is 5. The topological polar surface area (TPSA) is 75.9 Å². The lowest BCUT2D eigenvalue weighted by atomic mass is 10.2. The van der Waals surface area contributed by atoms with Gasteiger partial charge in [0.25, 0.3) is 5.91 Å². The number of carbonyl (C=O) groups excluding carboxylic acids is 1. The van der Waals surface area contributed by atoms with Crippen molar-refractivity contribution in [3.8, 4) is 0 Å². The molecule has 0 saturated carbocycles. The molecule has 8 heteroatoms. The zero-order chi connectivity index (χ0) is 18.8. The first-order valence-corrected chi connectivity index (χ1v) is 9.59. The molecule has 3 aromatic rings. The van der Waals surface area contributed by atoms with Crippen LogP contribution in [-0.2, 0) is 6.54 Å². The Hall–Kier alpha value is -2.67. The molecule has 1 aromatic carbocycles. The number of amides is 1. The Morgan fingerprint density at radius 3 is 2.63 bits per heavy atom. The molecule has 1 saturated heterocycles. The van der Waals surface area contributed by atoms with Gasteiger partial charge in [-0.3, -0.25) is 4.79 Å². The lowest BCUT2D eigenvalue weighted by molar-refractivity contribution is 0.102. The molecule has 2 aromatic heterocycles. The molecule has 27 heavy (non-hydrogen) atoms. The second kappa shape index (κ2) is 7.52. The van der Waals surface area contributed by atoms with Crippen LogP contribution in [0.1, 0.15) is 36.5 Å². The molecule has 0 aliphatic carbocycles. The minimum absolute atomic E-state index is 0.234. The molecular weight excluding hydrogens is 364 g/mol. The van der Waals surface area contributed by atoms with Crippen molar-refractivity contribution >= 4 is 40.3 Å². The molecule has 0 radical (unpaired) electrons. The average Bonchev–Trinajstić information content (AvgIpc) is 3.33. The van der Waals surface area contributed by atoms with Crippen LogP contribution in [0.4, 0.5) is 11.8 Å². The van der Waals surface area contributed by atoms with Crippen molar-refractivity contribution in [2.45, 2.75) is 32.7 Å². The Bertz CT molecular complexity index is 962. The molecule has 140 valence electrons. The van der Waals surface area contributed by atoms with Crippen LogP contribution in [0.25, 0.3) is 11.0 Å². The summed E-state index contributed by atoms with van der Waals surface area (Å²) in [5.74, 6) is 0.899. The highest BCUT2D eigenvalue weighted by Gasteiger charge is 2.20. The molecule has 1 aliphatic heterocycles. The lowest BCUT2D eigenvalue weighted by Crippen LogP contribution is -2.22. The highest BCUT2D eigenvalue weighted by molar-refractivity contribution is 6.30. The van der Waals surface area contributed by atoms with Gasteiger partial charge in [0.05, 0.1) is 11.6 Å². The van der Waals surface area contributed by atoms with Crippen molar-refractivity contribution in [3.63, 3.8) is 0 Å². The van der Waals surface area contributed by atoms with Crippen LogP contribution in [0, 0.1) is 0 Å². The molecule has 0 unspecified atom stereocenters. The van der Waals surface area contributed by atoms with E-state index in [4.69, 9.17) is 16.6 Å². The van der Waals surface area contributed by atoms with Crippen LogP contribution < -0.4 is 10.2 Å². The number of carbonyl (C=O) groups is 1. The fourth-order valence-corrected chi connectivity index (χ4v) is 3.38. The summed E-state index contributed by atoms with van der Waals surface area (Å²) >= 11 is 5.91. The average molecular weight is 385 g/mol. The molecule has 1 fully saturated rings. The maximum Gasteiger partial charge on any atom is 0.256 e. The van der Waals surface area contributed by atoms with E-state index in [0.717, 1.165) is 49.9 Å². The van der Waals surface area contributed by atoms with Crippen molar-refractivity contribution in [1.82, 2.24) is 19.7 Å². The standard InChI is InChI=1S/C19H21ClN6O/c1-2-9-26-17-15(12-21-26)16(23-19(24-17)25-10-3-4-11-25)22-18(27)13-5-7-14(20)8-6-13/h5-8,12H,2-4,9-11H2,1H3,(H,22,23,24,27). The number of hydrogen-bond acceptors (Lipinski definition) is 5. The summed E-state index contributed by atoms with van der Waals surface area (Å²) in [6.45, 7) is 4.72. The Balaban J connectivity index is 1.73. The molecule has 1 N–H and O–H groups in total. The number of anilines is 2. The van der Waals surface area contributed by atoms with Gasteiger partial charge in [0.1, 0.15) is 5.82 Å². The first-order valence-electron chi connectivity index (χ1n) is 9.21. The number of benzene rings is 1. The van der Waals surface area contributed by atoms with Crippen LogP contribution in [0.5, 0.6) is 0 Å². The summed E-state index contributed by atoms with van der Waals surface area (Å²) in [6, 6.07) is 6.78. The van der Waals surface area contributed by atoms with Crippen LogP contribution in [0.15, 0.2) is 30.5 Å². The number of aryl methyl sites for hydroxylation is 1. The minimum atomic E-state index is -0.234. The smallest absolute Gasteiger partial charge is 0.256 e. The second-order valence-electron chi connectivity index (χ2n) is 6.63. The first kappa shape index (κ1) is 17.7. The van der Waals surface area contributed by atoms with E-state index in [1.165, 1.54) is 0 Å². The van der Waals surface area contributed by atoms with E-state index in [-0.39, 0.29) is 5.91 Å². The normalized spacial score (nSPS) is 14.1. The fourth-order valence-electron chi connectivity index (χ4n) is 3.25. The Kier molecular flexibility index (Phi) is 4.94. The van der Waals surface area contributed by atoms with Crippen molar-refractivity contribution in [1.29, 1.82) is 0 Å². The molecule has 1 amide bonds. The molecule has 0 atom stereocenters. The van der Waals surface area contributed by atoms with Gasteiger partial charge in [0, 0.05) is 30.2 Å². The summed E-state index contributed by atoms with van der Waals surface area (Å²) in [7, 11) is 0. The molecule has 0 spiro atoms. The fraction of sp³-hybridized carbons (Fsp3) is 0.368. The highest BCUT2D eigenvalue weighted by atomic mass is 35.5. The Morgan fingerprint density at radius 1 is 1.19 bits per heavy atom. The second-order valence-corrected chi connectivity index (χ2v) is 7.07. The van der Waals surface area contributed by atoms with E-state index in [9.17, 15) is 4.79 Å². The maximum atomic E-state index is 12.7. The third-order valence-electron chi connectivity index (χ3n) is 4.65. The first-order chi connectivity index (χ1) is 13.2. The van der Waals surface area contributed by atoms with Crippen LogP contribution >= 0.6 is 11.6 Å². The van der Waals surface area contributed by atoms with Crippen LogP contribution in [0.2, 0.25) is 5.02 Å². The minimum Gasteiger partial charge on any atom is -0.341 e. The van der Waals surface area contributed by atoms with Crippen molar-refractivity contribution in [2.24, 2.45) is 0 Å². The van der Waals surface area contributed by atoms with E-state index in [0.29, 0.717) is 22.4 Å². The molecular formula is C19H21ClN6O. The zero-order valence-corrected chi connectivity index (χ0v) is 15.9. The van der Waals surface area contributed by atoms with Gasteiger partial charge in [-0.1, -0.05) is 18.5 Å². The monoisotopic (exact) mass is 384 g/mol. The zero-order valence-electron chi connectivity index (χ0n) is 15.2. The number of halogens is 1. The van der Waals surface area contributed by atoms with Crippen LogP contribution in [-0.4, -0.2) is 38.7 Å². The van der Waals surface area contributed by atoms with Gasteiger partial charge in [0.15, 0.2) is 5.65 Å². The third-order valence-corrected chi connectivity index (χ3v) is 4.90. The quantitative estimate of drug-likeness (QED) is 0.725. The van der Waals surface area contributed by atoms with Gasteiger partial charge in [-0.15, -0.1) is 0 Å². The van der Waals surface area contributed by atoms with Gasteiger partial charge in [-0.05, 0) is 43.5 Å². The number of nitrogens with one attached hydrogen (secondary N) is 1. The molecule has 1 aliphatic rings. The predicted octanol–water partition coefficient (Wildman–Crippen LogP) is 3.74. The summed E-state index contributed by atoms with van der Waals surface area (Å²) in [5, 5.41) is 8.69. The number of aromatic nitrogens is 4. The SMILES string of the molecule is CCCn1ncc2c(NC(=O)c3ccc(Cl)cc3)nc(N3CCCC3)nc21. The van der Waals surface area contributed by atoms with E-state index in [1.54, 1.807) is 30.5 Å². The predicted molar refractivity (Wildman–Crippen MR) is 106 cm³/mol. The maximum absolute atomic E-state index is 12.7. The van der Waals surface area contributed by atoms with E-state index < -0.39 is 0 Å². The van der Waals surface area contributed by atoms with Crippen molar-refractivity contribution < 1.29 is 4.79 Å². The highest BCUT2D eigenvalue weighted by Crippen LogP contribution is 2.26. The number of rotatable bonds is 5. The molecule has 7 nitrogen and oxygen atoms in total. The van der Waals surface area contributed by atoms with Gasteiger partial charge >= 0.3 is 0 Å². The molecule has 0 bridgehead atoms. The van der Waals surface area contributed by atoms with E-state index in [1.807, 2.05) is 4.68 Å². The van der Waals surface area contributed by atoms with E-state index in [2.05, 4.69) is 27.2 Å². The number of hydrogen-bond donors (Lipinski definition) is 1. The Labute approximate surface area is 162 Å². The number of fused-ring (bicyclic) bond motifs is 1. The van der Waals surface area contributed by atoms with Gasteiger partial charge in [0.2, 0.25) is 5.95 Å². The summed E-state index contributed by atoms with van der Waals surface area (Å²) in [4.78, 5) is 24.2. The van der Waals surface area contributed by atoms with Gasteiger partial charge in [-0.25, -0.2) is 4.68 Å². The summed E-state index contributed by atoms with van der Waals surface area (Å²) in [5.41, 5.74) is 1.27. The summed E-state index contributed by atoms with van der Waals surface area (Å²) in [6.07, 6.45) is 4.92. The van der Waals surface area contributed by atoms with Gasteiger partial charge < -0.3 is 10.2 Å². The summed E-state index contributed by atoms with van der Waals surface area (Å²) < 4.78 is 1.87. The lowest BCUT2D eigenvalue weighted by Gasteiger charge is -2.17. The van der Waals surface area contributed by atoms with E-state index >= 15 is 0 Å². The molecule has 3 heterocycles. The molecule has 4 rings (SSSR count). The third kappa shape index (κ3) is 3.60. The van der Waals surface area contributed by atoms with Crippen molar-refractivity contribution in [3.05, 3.63) is 41.0 Å². The van der Waals surface area contributed by atoms with Crippen LogP contribution in [0.3, 0.4) is 0 Å². The largest absolute Gasteiger partial charge is 0.341 e. The Morgan fingerprint density at radius 2 is 1.93 bits per heavy atom.